The number of nitrogens with one attached hydrogen (secondary N) is 1. The first-order valence-electron chi connectivity index (χ1n) is 8.30. The van der Waals surface area contributed by atoms with Gasteiger partial charge in [0.1, 0.15) is 5.75 Å². The van der Waals surface area contributed by atoms with Crippen LogP contribution in [0, 0.1) is 0 Å². The van der Waals surface area contributed by atoms with Gasteiger partial charge in [0, 0.05) is 49.4 Å². The third-order valence-corrected chi connectivity index (χ3v) is 5.33. The van der Waals surface area contributed by atoms with Crippen LogP contribution in [0.25, 0.3) is 4.96 Å². The lowest BCUT2D eigenvalue weighted by Crippen LogP contribution is -2.45. The molecule has 1 atom stereocenters. The lowest BCUT2D eigenvalue weighted by atomic mass is 10.0. The Morgan fingerprint density at radius 2 is 2.28 bits per heavy atom. The highest BCUT2D eigenvalue weighted by Crippen LogP contribution is 2.30. The van der Waals surface area contributed by atoms with Gasteiger partial charge < -0.3 is 10.1 Å². The maximum Gasteiger partial charge on any atom is 0.258 e. The van der Waals surface area contributed by atoms with Crippen molar-refractivity contribution in [3.05, 3.63) is 63.5 Å². The van der Waals surface area contributed by atoms with E-state index in [1.165, 1.54) is 11.3 Å². The summed E-state index contributed by atoms with van der Waals surface area (Å²) in [5, 5.41) is 5.34. The lowest BCUT2D eigenvalue weighted by Gasteiger charge is -2.36. The highest BCUT2D eigenvalue weighted by atomic mass is 32.1. The summed E-state index contributed by atoms with van der Waals surface area (Å²) in [4.78, 5) is 20.0. The molecule has 4 rings (SSSR count). The number of rotatable bonds is 4. The van der Waals surface area contributed by atoms with Crippen LogP contribution in [-0.4, -0.2) is 41.0 Å². The lowest BCUT2D eigenvalue weighted by molar-refractivity contribution is 0.149. The Morgan fingerprint density at radius 1 is 1.40 bits per heavy atom. The summed E-state index contributed by atoms with van der Waals surface area (Å²) < 4.78 is 7.13. The Labute approximate surface area is 149 Å². The van der Waals surface area contributed by atoms with Crippen LogP contribution in [0.15, 0.2) is 46.7 Å². The number of benzene rings is 1. The molecule has 1 aliphatic rings. The van der Waals surface area contributed by atoms with E-state index in [1.54, 1.807) is 23.8 Å². The average Bonchev–Trinajstić information content (AvgIpc) is 3.11. The Hall–Kier alpha value is -2.22. The van der Waals surface area contributed by atoms with Gasteiger partial charge in [0.15, 0.2) is 4.96 Å². The molecule has 0 amide bonds. The molecule has 1 saturated heterocycles. The summed E-state index contributed by atoms with van der Waals surface area (Å²) >= 11 is 1.48. The number of hydrogen-bond acceptors (Lipinski definition) is 6. The molecule has 1 aromatic carbocycles. The number of hydrogen-bond donors (Lipinski definition) is 1. The maximum atomic E-state index is 12.2. The number of thiazole rings is 1. The number of methoxy groups -OCH3 is 1. The predicted molar refractivity (Wildman–Crippen MR) is 98.4 cm³/mol. The third-order valence-electron chi connectivity index (χ3n) is 4.57. The Balaban J connectivity index is 1.65. The summed E-state index contributed by atoms with van der Waals surface area (Å²) in [5.41, 5.74) is 1.95. The Bertz CT molecular complexity index is 936. The highest BCUT2D eigenvalue weighted by molar-refractivity contribution is 7.15. The molecule has 0 bridgehead atoms. The standard InChI is InChI=1S/C18H20N4O2S/c1-24-16-5-3-2-4-14(16)15-11-19-6-7-21(15)12-13-10-17(23)22-8-9-25-18(22)20-13/h2-5,8-10,15,19H,6-7,11-12H2,1H3. The van der Waals surface area contributed by atoms with E-state index in [1.807, 2.05) is 23.6 Å². The zero-order valence-corrected chi connectivity index (χ0v) is 14.8. The molecule has 2 aromatic heterocycles. The molecule has 25 heavy (non-hydrogen) atoms. The predicted octanol–water partition coefficient (Wildman–Crippen LogP) is 1.91. The van der Waals surface area contributed by atoms with E-state index in [-0.39, 0.29) is 11.6 Å². The van der Waals surface area contributed by atoms with E-state index in [9.17, 15) is 4.79 Å². The molecule has 3 heterocycles. The summed E-state index contributed by atoms with van der Waals surface area (Å²) in [6.07, 6.45) is 1.77. The van der Waals surface area contributed by atoms with Gasteiger partial charge in [-0.25, -0.2) is 4.98 Å². The van der Waals surface area contributed by atoms with Crippen LogP contribution in [0.4, 0.5) is 0 Å². The van der Waals surface area contributed by atoms with Gasteiger partial charge in [-0.05, 0) is 6.07 Å². The molecule has 1 N–H and O–H groups in total. The van der Waals surface area contributed by atoms with Crippen LogP contribution in [-0.2, 0) is 6.54 Å². The van der Waals surface area contributed by atoms with Gasteiger partial charge >= 0.3 is 0 Å². The van der Waals surface area contributed by atoms with Gasteiger partial charge in [-0.15, -0.1) is 11.3 Å². The minimum absolute atomic E-state index is 0.0229. The summed E-state index contributed by atoms with van der Waals surface area (Å²) in [7, 11) is 1.70. The smallest absolute Gasteiger partial charge is 0.258 e. The quantitative estimate of drug-likeness (QED) is 0.774. The van der Waals surface area contributed by atoms with E-state index >= 15 is 0 Å². The molecule has 0 spiro atoms. The van der Waals surface area contributed by atoms with Gasteiger partial charge in [-0.2, -0.15) is 0 Å². The van der Waals surface area contributed by atoms with Crippen molar-refractivity contribution in [1.29, 1.82) is 0 Å². The van der Waals surface area contributed by atoms with Crippen molar-refractivity contribution >= 4 is 16.3 Å². The number of ether oxygens (including phenoxy) is 1. The van der Waals surface area contributed by atoms with Crippen LogP contribution in [0.3, 0.4) is 0 Å². The van der Waals surface area contributed by atoms with E-state index < -0.39 is 0 Å². The number of nitrogens with zero attached hydrogens (tertiary/aromatic N) is 3. The molecule has 0 aliphatic carbocycles. The molecule has 0 saturated carbocycles. The van der Waals surface area contributed by atoms with Crippen molar-refractivity contribution in [2.75, 3.05) is 26.7 Å². The Morgan fingerprint density at radius 3 is 3.16 bits per heavy atom. The number of aromatic nitrogens is 2. The van der Waals surface area contributed by atoms with Crippen molar-refractivity contribution in [3.63, 3.8) is 0 Å². The molecule has 7 heteroatoms. The second kappa shape index (κ2) is 6.95. The van der Waals surface area contributed by atoms with Crippen LogP contribution < -0.4 is 15.6 Å². The molecular weight excluding hydrogens is 336 g/mol. The van der Waals surface area contributed by atoms with Crippen molar-refractivity contribution in [1.82, 2.24) is 19.6 Å². The molecule has 130 valence electrons. The van der Waals surface area contributed by atoms with Crippen molar-refractivity contribution in [2.24, 2.45) is 0 Å². The van der Waals surface area contributed by atoms with Gasteiger partial charge in [0.05, 0.1) is 18.8 Å². The van der Waals surface area contributed by atoms with Crippen molar-refractivity contribution in [3.8, 4) is 5.75 Å². The second-order valence-electron chi connectivity index (χ2n) is 6.07. The van der Waals surface area contributed by atoms with Gasteiger partial charge in [-0.1, -0.05) is 18.2 Å². The fourth-order valence-corrected chi connectivity index (χ4v) is 4.10. The van der Waals surface area contributed by atoms with Crippen LogP contribution >= 0.6 is 11.3 Å². The number of piperazine rings is 1. The average molecular weight is 356 g/mol. The van der Waals surface area contributed by atoms with Crippen molar-refractivity contribution in [2.45, 2.75) is 12.6 Å². The number of fused-ring (bicyclic) bond motifs is 1. The van der Waals surface area contributed by atoms with E-state index in [2.05, 4.69) is 21.3 Å². The van der Waals surface area contributed by atoms with Gasteiger partial charge in [-0.3, -0.25) is 14.1 Å². The van der Waals surface area contributed by atoms with Crippen molar-refractivity contribution < 1.29 is 4.74 Å². The van der Waals surface area contributed by atoms with Gasteiger partial charge in [0.25, 0.3) is 5.56 Å². The normalized spacial score (nSPS) is 18.5. The first-order chi connectivity index (χ1) is 12.3. The van der Waals surface area contributed by atoms with Crippen LogP contribution in [0.5, 0.6) is 5.75 Å². The van der Waals surface area contributed by atoms with Gasteiger partial charge in [0.2, 0.25) is 0 Å². The van der Waals surface area contributed by atoms with Crippen LogP contribution in [0.2, 0.25) is 0 Å². The highest BCUT2D eigenvalue weighted by Gasteiger charge is 2.26. The largest absolute Gasteiger partial charge is 0.496 e. The fourth-order valence-electron chi connectivity index (χ4n) is 3.36. The first-order valence-corrected chi connectivity index (χ1v) is 9.17. The molecule has 1 unspecified atom stereocenters. The summed E-state index contributed by atoms with van der Waals surface area (Å²) in [5.74, 6) is 0.892. The second-order valence-corrected chi connectivity index (χ2v) is 6.95. The topological polar surface area (TPSA) is 58.9 Å². The molecule has 1 fully saturated rings. The third kappa shape index (κ3) is 3.18. The number of para-hydroxylation sites is 1. The SMILES string of the molecule is COc1ccccc1C1CNCCN1Cc1cc(=O)n2ccsc2n1. The maximum absolute atomic E-state index is 12.2. The summed E-state index contributed by atoms with van der Waals surface area (Å²) in [6, 6.07) is 9.94. The monoisotopic (exact) mass is 356 g/mol. The Kier molecular flexibility index (Phi) is 4.52. The molecular formula is C18H20N4O2S. The zero-order chi connectivity index (χ0) is 17.2. The molecule has 6 nitrogen and oxygen atoms in total. The van der Waals surface area contributed by atoms with E-state index in [0.717, 1.165) is 41.6 Å². The minimum Gasteiger partial charge on any atom is -0.496 e. The first kappa shape index (κ1) is 16.3. The van der Waals surface area contributed by atoms with E-state index in [4.69, 9.17) is 4.74 Å². The fraction of sp³-hybridized carbons (Fsp3) is 0.333. The summed E-state index contributed by atoms with van der Waals surface area (Å²) in [6.45, 7) is 3.31. The minimum atomic E-state index is -0.0229. The molecule has 1 aliphatic heterocycles. The molecule has 3 aromatic rings. The van der Waals surface area contributed by atoms with E-state index in [0.29, 0.717) is 6.54 Å². The molecule has 0 radical (unpaired) electrons. The zero-order valence-electron chi connectivity index (χ0n) is 14.0. The van der Waals surface area contributed by atoms with Crippen LogP contribution in [0.1, 0.15) is 17.3 Å².